The number of aryl methyl sites for hydroxylation is 1. The van der Waals surface area contributed by atoms with Crippen LogP contribution in [-0.4, -0.2) is 19.5 Å². The minimum Gasteiger partial charge on any atom is -0.478 e. The SMILES string of the molecule is CCCc1ccc(NS(=O)(=O)c2ccc(F)cc2)c(C(=O)O)c1C. The van der Waals surface area contributed by atoms with Crippen molar-refractivity contribution in [1.29, 1.82) is 0 Å². The third kappa shape index (κ3) is 3.73. The Labute approximate surface area is 140 Å². The monoisotopic (exact) mass is 351 g/mol. The molecule has 2 N–H and O–H groups in total. The van der Waals surface area contributed by atoms with Crippen LogP contribution in [0.4, 0.5) is 10.1 Å². The first-order valence-electron chi connectivity index (χ1n) is 7.40. The zero-order valence-electron chi connectivity index (χ0n) is 13.3. The zero-order chi connectivity index (χ0) is 17.9. The first-order valence-corrected chi connectivity index (χ1v) is 8.88. The van der Waals surface area contributed by atoms with Gasteiger partial charge in [-0.3, -0.25) is 4.72 Å². The molecule has 128 valence electrons. The van der Waals surface area contributed by atoms with Crippen molar-refractivity contribution in [3.05, 3.63) is 58.9 Å². The van der Waals surface area contributed by atoms with Crippen LogP contribution in [0.15, 0.2) is 41.3 Å². The van der Waals surface area contributed by atoms with Crippen LogP contribution in [0, 0.1) is 12.7 Å². The van der Waals surface area contributed by atoms with Crippen LogP contribution < -0.4 is 4.72 Å². The number of rotatable bonds is 6. The van der Waals surface area contributed by atoms with Gasteiger partial charge in [-0.25, -0.2) is 17.6 Å². The van der Waals surface area contributed by atoms with Gasteiger partial charge in [-0.1, -0.05) is 19.4 Å². The minimum absolute atomic E-state index is 0.0100. The summed E-state index contributed by atoms with van der Waals surface area (Å²) in [6.07, 6.45) is 1.55. The Hall–Kier alpha value is -2.41. The Morgan fingerprint density at radius 2 is 1.79 bits per heavy atom. The van der Waals surface area contributed by atoms with Crippen molar-refractivity contribution in [2.24, 2.45) is 0 Å². The van der Waals surface area contributed by atoms with Crippen LogP contribution in [0.3, 0.4) is 0 Å². The number of benzene rings is 2. The lowest BCUT2D eigenvalue weighted by atomic mass is 9.98. The third-order valence-electron chi connectivity index (χ3n) is 3.68. The second kappa shape index (κ2) is 7.00. The van der Waals surface area contributed by atoms with Crippen molar-refractivity contribution in [3.8, 4) is 0 Å². The summed E-state index contributed by atoms with van der Waals surface area (Å²) in [6, 6.07) is 7.47. The van der Waals surface area contributed by atoms with Crippen LogP contribution in [0.2, 0.25) is 0 Å². The predicted octanol–water partition coefficient (Wildman–Crippen LogP) is 3.59. The van der Waals surface area contributed by atoms with E-state index in [0.29, 0.717) is 12.0 Å². The van der Waals surface area contributed by atoms with E-state index in [1.807, 2.05) is 6.92 Å². The fraction of sp³-hybridized carbons (Fsp3) is 0.235. The number of sulfonamides is 1. The van der Waals surface area contributed by atoms with E-state index in [4.69, 9.17) is 0 Å². The summed E-state index contributed by atoms with van der Waals surface area (Å²) in [5, 5.41) is 9.46. The highest BCUT2D eigenvalue weighted by Gasteiger charge is 2.21. The number of aromatic carboxylic acids is 1. The quantitative estimate of drug-likeness (QED) is 0.833. The molecule has 0 radical (unpaired) electrons. The standard InChI is InChI=1S/C17H18FNO4S/c1-3-4-12-5-10-15(16(11(12)2)17(20)21)19-24(22,23)14-8-6-13(18)7-9-14/h5-10,19H,3-4H2,1-2H3,(H,20,21). The van der Waals surface area contributed by atoms with Gasteiger partial charge in [-0.2, -0.15) is 0 Å². The average Bonchev–Trinajstić information content (AvgIpc) is 2.50. The zero-order valence-corrected chi connectivity index (χ0v) is 14.2. The van der Waals surface area contributed by atoms with Crippen molar-refractivity contribution in [2.45, 2.75) is 31.6 Å². The van der Waals surface area contributed by atoms with Gasteiger partial charge in [0.1, 0.15) is 5.82 Å². The Morgan fingerprint density at radius 1 is 1.17 bits per heavy atom. The van der Waals surface area contributed by atoms with Gasteiger partial charge in [0, 0.05) is 0 Å². The van der Waals surface area contributed by atoms with E-state index < -0.39 is 21.8 Å². The summed E-state index contributed by atoms with van der Waals surface area (Å²) in [5.41, 5.74) is 1.30. The fourth-order valence-corrected chi connectivity index (χ4v) is 3.54. The molecule has 0 amide bonds. The Bertz CT molecular complexity index is 861. The molecule has 0 aromatic heterocycles. The van der Waals surface area contributed by atoms with Crippen molar-refractivity contribution >= 4 is 21.7 Å². The molecule has 0 aliphatic rings. The normalized spacial score (nSPS) is 11.3. The second-order valence-corrected chi connectivity index (χ2v) is 7.07. The Kier molecular flexibility index (Phi) is 5.23. The predicted molar refractivity (Wildman–Crippen MR) is 89.3 cm³/mol. The van der Waals surface area contributed by atoms with Gasteiger partial charge in [0.15, 0.2) is 0 Å². The molecule has 0 aliphatic carbocycles. The van der Waals surface area contributed by atoms with E-state index in [0.717, 1.165) is 36.2 Å². The number of carboxylic acid groups (broad SMARTS) is 1. The van der Waals surface area contributed by atoms with Gasteiger partial charge in [0.2, 0.25) is 0 Å². The van der Waals surface area contributed by atoms with E-state index >= 15 is 0 Å². The van der Waals surface area contributed by atoms with Crippen molar-refractivity contribution < 1.29 is 22.7 Å². The van der Waals surface area contributed by atoms with Crippen LogP contribution in [0.5, 0.6) is 0 Å². The Balaban J connectivity index is 2.47. The molecule has 0 saturated carbocycles. The number of carboxylic acids is 1. The summed E-state index contributed by atoms with van der Waals surface area (Å²) >= 11 is 0. The molecule has 0 fully saturated rings. The van der Waals surface area contributed by atoms with E-state index in [1.54, 1.807) is 13.0 Å². The summed E-state index contributed by atoms with van der Waals surface area (Å²) in [5.74, 6) is -1.76. The smallest absolute Gasteiger partial charge is 0.338 e. The summed E-state index contributed by atoms with van der Waals surface area (Å²) in [7, 11) is -4.01. The highest BCUT2D eigenvalue weighted by atomic mass is 32.2. The molecule has 24 heavy (non-hydrogen) atoms. The van der Waals surface area contributed by atoms with Gasteiger partial charge in [-0.15, -0.1) is 0 Å². The van der Waals surface area contributed by atoms with E-state index in [1.165, 1.54) is 6.07 Å². The first-order chi connectivity index (χ1) is 11.3. The number of carbonyl (C=O) groups is 1. The first kappa shape index (κ1) is 17.9. The lowest BCUT2D eigenvalue weighted by Crippen LogP contribution is -2.17. The van der Waals surface area contributed by atoms with Gasteiger partial charge >= 0.3 is 5.97 Å². The van der Waals surface area contributed by atoms with Crippen LogP contribution in [-0.2, 0) is 16.4 Å². The Morgan fingerprint density at radius 3 is 2.33 bits per heavy atom. The maximum Gasteiger partial charge on any atom is 0.338 e. The largest absolute Gasteiger partial charge is 0.478 e. The molecule has 2 aromatic carbocycles. The third-order valence-corrected chi connectivity index (χ3v) is 5.06. The van der Waals surface area contributed by atoms with Crippen molar-refractivity contribution in [1.82, 2.24) is 0 Å². The highest BCUT2D eigenvalue weighted by molar-refractivity contribution is 7.92. The topological polar surface area (TPSA) is 83.5 Å². The fourth-order valence-electron chi connectivity index (χ4n) is 2.47. The molecule has 5 nitrogen and oxygen atoms in total. The second-order valence-electron chi connectivity index (χ2n) is 5.39. The molecule has 0 unspecified atom stereocenters. The molecular weight excluding hydrogens is 333 g/mol. The summed E-state index contributed by atoms with van der Waals surface area (Å²) in [6.45, 7) is 3.63. The van der Waals surface area contributed by atoms with Gasteiger partial charge in [0.05, 0.1) is 16.1 Å². The molecule has 7 heteroatoms. The molecule has 0 bridgehead atoms. The number of hydrogen-bond donors (Lipinski definition) is 2. The maximum absolute atomic E-state index is 12.9. The number of nitrogens with one attached hydrogen (secondary N) is 1. The molecule has 0 heterocycles. The molecule has 2 rings (SSSR count). The van der Waals surface area contributed by atoms with Gasteiger partial charge in [0.25, 0.3) is 10.0 Å². The molecular formula is C17H18FNO4S. The molecule has 0 saturated heterocycles. The highest BCUT2D eigenvalue weighted by Crippen LogP contribution is 2.26. The van der Waals surface area contributed by atoms with E-state index in [2.05, 4.69) is 4.72 Å². The van der Waals surface area contributed by atoms with E-state index in [-0.39, 0.29) is 16.1 Å². The average molecular weight is 351 g/mol. The lowest BCUT2D eigenvalue weighted by molar-refractivity contribution is 0.0697. The molecule has 0 atom stereocenters. The van der Waals surface area contributed by atoms with Crippen LogP contribution in [0.25, 0.3) is 0 Å². The molecule has 0 aliphatic heterocycles. The van der Waals surface area contributed by atoms with Crippen molar-refractivity contribution in [3.63, 3.8) is 0 Å². The van der Waals surface area contributed by atoms with Crippen molar-refractivity contribution in [2.75, 3.05) is 4.72 Å². The van der Waals surface area contributed by atoms with Crippen LogP contribution in [0.1, 0.15) is 34.8 Å². The van der Waals surface area contributed by atoms with E-state index in [9.17, 15) is 22.7 Å². The molecule has 2 aromatic rings. The molecule has 0 spiro atoms. The lowest BCUT2D eigenvalue weighted by Gasteiger charge is -2.15. The van der Waals surface area contributed by atoms with Crippen LogP contribution >= 0.6 is 0 Å². The maximum atomic E-state index is 12.9. The number of halogens is 1. The minimum atomic E-state index is -4.01. The number of anilines is 1. The number of hydrogen-bond acceptors (Lipinski definition) is 3. The summed E-state index contributed by atoms with van der Waals surface area (Å²) in [4.78, 5) is 11.4. The van der Waals surface area contributed by atoms with Gasteiger partial charge < -0.3 is 5.11 Å². The van der Waals surface area contributed by atoms with Gasteiger partial charge in [-0.05, 0) is 54.8 Å². The summed E-state index contributed by atoms with van der Waals surface area (Å²) < 4.78 is 40.0.